The van der Waals surface area contributed by atoms with Gasteiger partial charge in [0.2, 0.25) is 0 Å². The minimum atomic E-state index is -0.826. The molecule has 3 N–H and O–H groups in total. The Morgan fingerprint density at radius 2 is 1.76 bits per heavy atom. The zero-order valence-corrected chi connectivity index (χ0v) is 22.8. The van der Waals surface area contributed by atoms with Crippen molar-refractivity contribution in [2.24, 2.45) is 5.92 Å². The van der Waals surface area contributed by atoms with Crippen LogP contribution in [0.5, 0.6) is 0 Å². The lowest BCUT2D eigenvalue weighted by atomic mass is 10.1. The average Bonchev–Trinajstić information content (AvgIpc) is 3.70. The zero-order chi connectivity index (χ0) is 27.4. The van der Waals surface area contributed by atoms with Crippen LogP contribution >= 0.6 is 11.6 Å². The topological polar surface area (TPSA) is 93.8 Å². The molecule has 1 saturated carbocycles. The lowest BCUT2D eigenvalue weighted by Crippen LogP contribution is -2.48. The summed E-state index contributed by atoms with van der Waals surface area (Å²) in [5.74, 6) is -0.786. The molecule has 8 nitrogen and oxygen atoms in total. The molecule has 0 bridgehead atoms. The van der Waals surface area contributed by atoms with Crippen LogP contribution in [0.1, 0.15) is 59.9 Å². The van der Waals surface area contributed by atoms with Gasteiger partial charge in [-0.1, -0.05) is 23.7 Å². The summed E-state index contributed by atoms with van der Waals surface area (Å²) in [4.78, 5) is 41.5. The summed E-state index contributed by atoms with van der Waals surface area (Å²) in [6.45, 7) is 9.22. The second-order valence-corrected chi connectivity index (χ2v) is 11.4. The average molecular weight is 544 g/mol. The van der Waals surface area contributed by atoms with Gasteiger partial charge in [-0.25, -0.2) is 9.18 Å². The number of carbonyl (C=O) groups excluding carboxylic acids is 3. The molecule has 1 saturated heterocycles. The highest BCUT2D eigenvalue weighted by molar-refractivity contribution is 6.34. The van der Waals surface area contributed by atoms with E-state index < -0.39 is 11.8 Å². The standard InChI is InChI=1S/C28H35ClFN5O3/c1-28(2,3)33-25(36)20-6-4-5-19(15-20)17-34-11-13-35(14-12-34)26(37)21-9-10-22(24(30)23(21)29)32-27(38)31-16-18-7-8-18/h4-6,9-10,15,18H,7-8,11-14,16-17H2,1-3H3,(H,33,36)(H2,31,32,38). The van der Waals surface area contributed by atoms with Crippen molar-refractivity contribution in [3.8, 4) is 0 Å². The highest BCUT2D eigenvalue weighted by Gasteiger charge is 2.27. The third-order valence-corrected chi connectivity index (χ3v) is 6.92. The van der Waals surface area contributed by atoms with Crippen LogP contribution in [-0.4, -0.2) is 65.9 Å². The van der Waals surface area contributed by atoms with Gasteiger partial charge in [0.15, 0.2) is 5.82 Å². The number of hydrogen-bond donors (Lipinski definition) is 3. The highest BCUT2D eigenvalue weighted by atomic mass is 35.5. The fourth-order valence-corrected chi connectivity index (χ4v) is 4.54. The van der Waals surface area contributed by atoms with Gasteiger partial charge in [-0.15, -0.1) is 0 Å². The number of benzene rings is 2. The predicted octanol–water partition coefficient (Wildman–Crippen LogP) is 4.50. The van der Waals surface area contributed by atoms with Gasteiger partial charge < -0.3 is 20.9 Å². The van der Waals surface area contributed by atoms with Crippen molar-refractivity contribution in [3.63, 3.8) is 0 Å². The van der Waals surface area contributed by atoms with Gasteiger partial charge in [0, 0.05) is 50.4 Å². The Bertz CT molecular complexity index is 1200. The Morgan fingerprint density at radius 1 is 1.05 bits per heavy atom. The van der Waals surface area contributed by atoms with Crippen LogP contribution in [-0.2, 0) is 6.54 Å². The molecule has 204 valence electrons. The molecule has 2 aromatic carbocycles. The molecule has 0 spiro atoms. The first-order chi connectivity index (χ1) is 18.0. The van der Waals surface area contributed by atoms with Crippen molar-refractivity contribution in [2.45, 2.75) is 45.7 Å². The van der Waals surface area contributed by atoms with Crippen LogP contribution < -0.4 is 16.0 Å². The first kappa shape index (κ1) is 27.9. The predicted molar refractivity (Wildman–Crippen MR) is 146 cm³/mol. The second kappa shape index (κ2) is 11.7. The van der Waals surface area contributed by atoms with Crippen molar-refractivity contribution >= 4 is 35.1 Å². The molecule has 10 heteroatoms. The van der Waals surface area contributed by atoms with E-state index in [1.54, 1.807) is 11.0 Å². The third kappa shape index (κ3) is 7.45. The van der Waals surface area contributed by atoms with E-state index in [4.69, 9.17) is 11.6 Å². The van der Waals surface area contributed by atoms with Gasteiger partial charge in [0.1, 0.15) is 0 Å². The van der Waals surface area contributed by atoms with Crippen molar-refractivity contribution in [2.75, 3.05) is 38.0 Å². The molecule has 2 aromatic rings. The first-order valence-electron chi connectivity index (χ1n) is 13.0. The summed E-state index contributed by atoms with van der Waals surface area (Å²) in [6.07, 6.45) is 2.18. The Labute approximate surface area is 227 Å². The van der Waals surface area contributed by atoms with E-state index >= 15 is 0 Å². The molecular weight excluding hydrogens is 509 g/mol. The maximum Gasteiger partial charge on any atom is 0.319 e. The van der Waals surface area contributed by atoms with Crippen LogP contribution in [0, 0.1) is 11.7 Å². The van der Waals surface area contributed by atoms with Crippen molar-refractivity contribution in [1.82, 2.24) is 20.4 Å². The van der Waals surface area contributed by atoms with E-state index in [1.807, 2.05) is 39.0 Å². The minimum absolute atomic E-state index is 0.0666. The smallest absolute Gasteiger partial charge is 0.319 e. The summed E-state index contributed by atoms with van der Waals surface area (Å²) >= 11 is 6.21. The Kier molecular flexibility index (Phi) is 8.57. The van der Waals surface area contributed by atoms with Crippen molar-refractivity contribution < 1.29 is 18.8 Å². The SMILES string of the molecule is CC(C)(C)NC(=O)c1cccc(CN2CCN(C(=O)c3ccc(NC(=O)NCC4CC4)c(F)c3Cl)CC2)c1. The van der Waals surface area contributed by atoms with Crippen LogP contribution in [0.2, 0.25) is 5.02 Å². The van der Waals surface area contributed by atoms with Crippen LogP contribution in [0.4, 0.5) is 14.9 Å². The van der Waals surface area contributed by atoms with E-state index in [1.165, 1.54) is 12.1 Å². The number of nitrogens with one attached hydrogen (secondary N) is 3. The summed E-state index contributed by atoms with van der Waals surface area (Å²) in [7, 11) is 0. The maximum absolute atomic E-state index is 14.9. The zero-order valence-electron chi connectivity index (χ0n) is 22.1. The van der Waals surface area contributed by atoms with Crippen LogP contribution in [0.3, 0.4) is 0 Å². The largest absolute Gasteiger partial charge is 0.347 e. The molecule has 2 fully saturated rings. The van der Waals surface area contributed by atoms with E-state index in [2.05, 4.69) is 20.9 Å². The number of anilines is 1. The fourth-order valence-electron chi connectivity index (χ4n) is 4.30. The summed E-state index contributed by atoms with van der Waals surface area (Å²) < 4.78 is 14.9. The second-order valence-electron chi connectivity index (χ2n) is 11.0. The molecule has 1 aliphatic heterocycles. The molecule has 1 heterocycles. The molecule has 1 aliphatic carbocycles. The molecular formula is C28H35ClFN5O3. The molecule has 4 rings (SSSR count). The van der Waals surface area contributed by atoms with E-state index in [-0.39, 0.29) is 33.6 Å². The van der Waals surface area contributed by atoms with E-state index in [0.29, 0.717) is 50.7 Å². The molecule has 4 amide bonds. The fraction of sp³-hybridized carbons (Fsp3) is 0.464. The lowest BCUT2D eigenvalue weighted by molar-refractivity contribution is 0.0627. The monoisotopic (exact) mass is 543 g/mol. The number of halogens is 2. The Balaban J connectivity index is 1.31. The number of amides is 4. The highest BCUT2D eigenvalue weighted by Crippen LogP contribution is 2.29. The molecule has 0 radical (unpaired) electrons. The minimum Gasteiger partial charge on any atom is -0.347 e. The number of piperazine rings is 1. The van der Waals surface area contributed by atoms with Gasteiger partial charge in [0.05, 0.1) is 16.3 Å². The van der Waals surface area contributed by atoms with Crippen LogP contribution in [0.15, 0.2) is 36.4 Å². The Morgan fingerprint density at radius 3 is 2.42 bits per heavy atom. The lowest BCUT2D eigenvalue weighted by Gasteiger charge is -2.35. The Hall–Kier alpha value is -3.17. The van der Waals surface area contributed by atoms with Crippen molar-refractivity contribution in [3.05, 3.63) is 63.9 Å². The number of nitrogens with zero attached hydrogens (tertiary/aromatic N) is 2. The number of hydrogen-bond acceptors (Lipinski definition) is 4. The number of rotatable bonds is 7. The molecule has 0 atom stereocenters. The molecule has 38 heavy (non-hydrogen) atoms. The normalized spacial score (nSPS) is 16.2. The molecule has 0 aromatic heterocycles. The first-order valence-corrected chi connectivity index (χ1v) is 13.3. The van der Waals surface area contributed by atoms with Gasteiger partial charge in [-0.3, -0.25) is 14.5 Å². The number of carbonyl (C=O) groups is 3. The van der Waals surface area contributed by atoms with Gasteiger partial charge in [0.25, 0.3) is 11.8 Å². The summed E-state index contributed by atoms with van der Waals surface area (Å²) in [5, 5.41) is 7.84. The quantitative estimate of drug-likeness (QED) is 0.479. The van der Waals surface area contributed by atoms with E-state index in [9.17, 15) is 18.8 Å². The van der Waals surface area contributed by atoms with Gasteiger partial charge in [-0.2, -0.15) is 0 Å². The number of urea groups is 1. The third-order valence-electron chi connectivity index (χ3n) is 6.55. The summed E-state index contributed by atoms with van der Waals surface area (Å²) in [6, 6.07) is 9.86. The van der Waals surface area contributed by atoms with Gasteiger partial charge >= 0.3 is 6.03 Å². The molecule has 0 unspecified atom stereocenters. The van der Waals surface area contributed by atoms with Gasteiger partial charge in [-0.05, 0) is 69.4 Å². The maximum atomic E-state index is 14.9. The summed E-state index contributed by atoms with van der Waals surface area (Å²) in [5.41, 5.74) is 1.31. The molecule has 2 aliphatic rings. The van der Waals surface area contributed by atoms with Crippen molar-refractivity contribution in [1.29, 1.82) is 0 Å². The van der Waals surface area contributed by atoms with E-state index in [0.717, 1.165) is 18.4 Å². The van der Waals surface area contributed by atoms with Crippen LogP contribution in [0.25, 0.3) is 0 Å².